The molecule has 1 N–H and O–H groups in total. The molecule has 0 heterocycles. The van der Waals surface area contributed by atoms with E-state index >= 15 is 0 Å². The van der Waals surface area contributed by atoms with Gasteiger partial charge in [-0.1, -0.05) is 84.5 Å². The molecule has 0 spiro atoms. The third-order valence-electron chi connectivity index (χ3n) is 7.92. The molecule has 0 aromatic heterocycles. The highest BCUT2D eigenvalue weighted by molar-refractivity contribution is 7.92. The van der Waals surface area contributed by atoms with Crippen molar-refractivity contribution in [2.24, 2.45) is 0 Å². The minimum atomic E-state index is -4.15. The Bertz CT molecular complexity index is 1500. The van der Waals surface area contributed by atoms with Gasteiger partial charge in [0.15, 0.2) is 0 Å². The van der Waals surface area contributed by atoms with Crippen molar-refractivity contribution in [3.63, 3.8) is 0 Å². The van der Waals surface area contributed by atoms with Crippen LogP contribution in [0.5, 0.6) is 0 Å². The predicted molar refractivity (Wildman–Crippen MR) is 168 cm³/mol. The zero-order valence-corrected chi connectivity index (χ0v) is 26.3. The Hall–Kier alpha value is -3.36. The van der Waals surface area contributed by atoms with Gasteiger partial charge in [-0.3, -0.25) is 13.9 Å². The van der Waals surface area contributed by atoms with Crippen LogP contribution in [0.15, 0.2) is 71.6 Å². The maximum absolute atomic E-state index is 14.1. The van der Waals surface area contributed by atoms with Crippen LogP contribution < -0.4 is 9.62 Å². The molecule has 1 atom stereocenters. The Kier molecular flexibility index (Phi) is 10.3. The molecule has 0 aliphatic heterocycles. The molecule has 0 radical (unpaired) electrons. The highest BCUT2D eigenvalue weighted by atomic mass is 35.5. The summed E-state index contributed by atoms with van der Waals surface area (Å²) in [7, 11) is -4.15. The lowest BCUT2D eigenvalue weighted by atomic mass is 9.95. The second-order valence-corrected chi connectivity index (χ2v) is 13.6. The number of halogens is 1. The lowest BCUT2D eigenvalue weighted by Crippen LogP contribution is -2.53. The molecule has 9 heteroatoms. The first-order valence-corrected chi connectivity index (χ1v) is 16.3. The minimum Gasteiger partial charge on any atom is -0.352 e. The van der Waals surface area contributed by atoms with Crippen LogP contribution in [-0.4, -0.2) is 43.8 Å². The number of hydrogen-bond acceptors (Lipinski definition) is 4. The molecular weight excluding hydrogens is 570 g/mol. The first-order chi connectivity index (χ1) is 20.0. The molecule has 1 aliphatic carbocycles. The summed E-state index contributed by atoms with van der Waals surface area (Å²) in [6.07, 6.45) is 5.13. The van der Waals surface area contributed by atoms with Crippen LogP contribution in [0.4, 0.5) is 5.69 Å². The molecule has 1 fully saturated rings. The largest absolute Gasteiger partial charge is 0.352 e. The number of rotatable bonds is 10. The summed E-state index contributed by atoms with van der Waals surface area (Å²) in [6, 6.07) is 18.4. The molecule has 3 aromatic rings. The van der Waals surface area contributed by atoms with Crippen molar-refractivity contribution in [3.05, 3.63) is 94.0 Å². The van der Waals surface area contributed by atoms with Gasteiger partial charge in [0, 0.05) is 17.6 Å². The fourth-order valence-electron chi connectivity index (χ4n) is 5.14. The molecule has 0 bridgehead atoms. The monoisotopic (exact) mass is 609 g/mol. The van der Waals surface area contributed by atoms with Gasteiger partial charge in [0.25, 0.3) is 10.0 Å². The number of sulfonamides is 1. The van der Waals surface area contributed by atoms with E-state index in [0.29, 0.717) is 5.02 Å². The van der Waals surface area contributed by atoms with Crippen molar-refractivity contribution >= 4 is 39.1 Å². The summed E-state index contributed by atoms with van der Waals surface area (Å²) in [5.41, 5.74) is 3.89. The van der Waals surface area contributed by atoms with Gasteiger partial charge in [-0.15, -0.1) is 0 Å². The summed E-state index contributed by atoms with van der Waals surface area (Å²) in [5.74, 6) is -0.733. The number of carbonyl (C=O) groups is 2. The zero-order chi connectivity index (χ0) is 30.4. The molecule has 224 valence electrons. The van der Waals surface area contributed by atoms with Crippen molar-refractivity contribution in [2.75, 3.05) is 10.8 Å². The van der Waals surface area contributed by atoms with E-state index in [1.165, 1.54) is 17.0 Å². The summed E-state index contributed by atoms with van der Waals surface area (Å²) in [5, 5.41) is 3.52. The zero-order valence-electron chi connectivity index (χ0n) is 24.8. The van der Waals surface area contributed by atoms with Crippen molar-refractivity contribution in [1.29, 1.82) is 0 Å². The first kappa shape index (κ1) is 31.6. The molecule has 2 amide bonds. The molecule has 0 unspecified atom stereocenters. The minimum absolute atomic E-state index is 0.0609. The fourth-order valence-corrected chi connectivity index (χ4v) is 6.73. The number of carbonyl (C=O) groups excluding carboxylic acids is 2. The van der Waals surface area contributed by atoms with Gasteiger partial charge in [-0.25, -0.2) is 8.42 Å². The van der Waals surface area contributed by atoms with Crippen molar-refractivity contribution in [2.45, 2.75) is 83.3 Å². The van der Waals surface area contributed by atoms with E-state index < -0.39 is 28.5 Å². The topological polar surface area (TPSA) is 86.8 Å². The van der Waals surface area contributed by atoms with Crippen molar-refractivity contribution < 1.29 is 18.0 Å². The normalized spacial score (nSPS) is 14.7. The van der Waals surface area contributed by atoms with Gasteiger partial charge < -0.3 is 10.2 Å². The average molecular weight is 610 g/mol. The van der Waals surface area contributed by atoms with Crippen molar-refractivity contribution in [1.82, 2.24) is 10.2 Å². The number of aryl methyl sites for hydroxylation is 3. The van der Waals surface area contributed by atoms with Crippen LogP contribution in [-0.2, 0) is 26.2 Å². The summed E-state index contributed by atoms with van der Waals surface area (Å²) in [4.78, 5) is 29.1. The molecule has 1 saturated carbocycles. The number of amides is 2. The Morgan fingerprint density at radius 3 is 2.10 bits per heavy atom. The third kappa shape index (κ3) is 7.72. The standard InChI is InChI=1S/C33H40ClN3O4S/c1-23-10-15-27(16-11-23)21-36(26(4)33(39)35-28-8-6-5-7-9-28)32(38)22-37(29-17-14-25(3)31(34)20-29)42(40,41)30-18-12-24(2)13-19-30/h10-20,26,28H,5-9,21-22H2,1-4H3,(H,35,39)/t26-/m1/s1. The van der Waals surface area contributed by atoms with Gasteiger partial charge in [0.1, 0.15) is 12.6 Å². The lowest BCUT2D eigenvalue weighted by Gasteiger charge is -2.33. The maximum Gasteiger partial charge on any atom is 0.264 e. The second-order valence-electron chi connectivity index (χ2n) is 11.3. The smallest absolute Gasteiger partial charge is 0.264 e. The third-order valence-corrected chi connectivity index (χ3v) is 10.1. The van der Waals surface area contributed by atoms with E-state index in [4.69, 9.17) is 11.6 Å². The predicted octanol–water partition coefficient (Wildman–Crippen LogP) is 6.33. The fraction of sp³-hybridized carbons (Fsp3) is 0.394. The molecule has 42 heavy (non-hydrogen) atoms. The molecular formula is C33H40ClN3O4S. The van der Waals surface area contributed by atoms with Crippen molar-refractivity contribution in [3.8, 4) is 0 Å². The van der Waals surface area contributed by atoms with Gasteiger partial charge in [-0.05, 0) is 75.9 Å². The number of nitrogens with zero attached hydrogens (tertiary/aromatic N) is 2. The number of hydrogen-bond donors (Lipinski definition) is 1. The van der Waals surface area contributed by atoms with Crippen LogP contribution in [0, 0.1) is 20.8 Å². The van der Waals surface area contributed by atoms with Crippen LogP contribution >= 0.6 is 11.6 Å². The van der Waals surface area contributed by atoms with Gasteiger partial charge in [0.2, 0.25) is 11.8 Å². The number of anilines is 1. The van der Waals surface area contributed by atoms with Gasteiger partial charge in [0.05, 0.1) is 10.6 Å². The molecule has 4 rings (SSSR count). The number of benzene rings is 3. The van der Waals surface area contributed by atoms with E-state index in [2.05, 4.69) is 5.32 Å². The molecule has 7 nitrogen and oxygen atoms in total. The Morgan fingerprint density at radius 1 is 0.905 bits per heavy atom. The van der Waals surface area contributed by atoms with E-state index in [1.807, 2.05) is 45.0 Å². The van der Waals surface area contributed by atoms with E-state index in [0.717, 1.165) is 58.7 Å². The Labute approximate surface area is 254 Å². The molecule has 3 aromatic carbocycles. The lowest BCUT2D eigenvalue weighted by molar-refractivity contribution is -0.139. The second kappa shape index (κ2) is 13.7. The van der Waals surface area contributed by atoms with Crippen LogP contribution in [0.3, 0.4) is 0 Å². The van der Waals surface area contributed by atoms with Crippen LogP contribution in [0.25, 0.3) is 0 Å². The maximum atomic E-state index is 14.1. The molecule has 0 saturated heterocycles. The summed E-state index contributed by atoms with van der Waals surface area (Å²) < 4.78 is 29.1. The van der Waals surface area contributed by atoms with E-state index in [-0.39, 0.29) is 29.1 Å². The summed E-state index contributed by atoms with van der Waals surface area (Å²) in [6.45, 7) is 7.04. The molecule has 1 aliphatic rings. The SMILES string of the molecule is Cc1ccc(CN(C(=O)CN(c2ccc(C)c(Cl)c2)S(=O)(=O)c2ccc(C)cc2)[C@H](C)C(=O)NC2CCCCC2)cc1. The van der Waals surface area contributed by atoms with E-state index in [9.17, 15) is 18.0 Å². The van der Waals surface area contributed by atoms with Gasteiger partial charge in [-0.2, -0.15) is 0 Å². The van der Waals surface area contributed by atoms with Crippen LogP contribution in [0.2, 0.25) is 5.02 Å². The Morgan fingerprint density at radius 2 is 1.50 bits per heavy atom. The Balaban J connectivity index is 1.69. The quantitative estimate of drug-likeness (QED) is 0.291. The number of nitrogens with one attached hydrogen (secondary N) is 1. The first-order valence-electron chi connectivity index (χ1n) is 14.5. The highest BCUT2D eigenvalue weighted by Gasteiger charge is 2.33. The van der Waals surface area contributed by atoms with Gasteiger partial charge >= 0.3 is 0 Å². The van der Waals surface area contributed by atoms with Crippen LogP contribution in [0.1, 0.15) is 61.3 Å². The summed E-state index contributed by atoms with van der Waals surface area (Å²) >= 11 is 6.41. The average Bonchev–Trinajstić information content (AvgIpc) is 2.97. The highest BCUT2D eigenvalue weighted by Crippen LogP contribution is 2.29. The van der Waals surface area contributed by atoms with E-state index in [1.54, 1.807) is 37.3 Å².